The molecule has 0 saturated heterocycles. The SMILES string of the molecule is CCOc1ccccc1NC(=S)N[C@H]1C[C@@H]2CC[C@@H]1C2. The van der Waals surface area contributed by atoms with E-state index in [4.69, 9.17) is 17.0 Å². The molecule has 20 heavy (non-hydrogen) atoms. The van der Waals surface area contributed by atoms with Crippen molar-refractivity contribution in [1.29, 1.82) is 0 Å². The highest BCUT2D eigenvalue weighted by Gasteiger charge is 2.39. The van der Waals surface area contributed by atoms with Crippen molar-refractivity contribution in [2.24, 2.45) is 11.8 Å². The van der Waals surface area contributed by atoms with E-state index in [0.717, 1.165) is 28.4 Å². The van der Waals surface area contributed by atoms with Gasteiger partial charge < -0.3 is 15.4 Å². The molecule has 0 amide bonds. The first kappa shape index (κ1) is 13.7. The number of hydrogen-bond donors (Lipinski definition) is 2. The summed E-state index contributed by atoms with van der Waals surface area (Å²) in [6, 6.07) is 8.49. The van der Waals surface area contributed by atoms with Crippen molar-refractivity contribution in [1.82, 2.24) is 5.32 Å². The maximum atomic E-state index is 5.61. The second-order valence-electron chi connectivity index (χ2n) is 5.81. The zero-order valence-electron chi connectivity index (χ0n) is 11.9. The summed E-state index contributed by atoms with van der Waals surface area (Å²) in [7, 11) is 0. The van der Waals surface area contributed by atoms with Crippen molar-refractivity contribution >= 4 is 23.0 Å². The molecule has 3 nitrogen and oxygen atoms in total. The van der Waals surface area contributed by atoms with Gasteiger partial charge in [0.15, 0.2) is 5.11 Å². The van der Waals surface area contributed by atoms with E-state index in [2.05, 4.69) is 10.6 Å². The Morgan fingerprint density at radius 1 is 1.30 bits per heavy atom. The Kier molecular flexibility index (Phi) is 4.10. The van der Waals surface area contributed by atoms with E-state index in [9.17, 15) is 0 Å². The number of anilines is 1. The van der Waals surface area contributed by atoms with Gasteiger partial charge in [-0.15, -0.1) is 0 Å². The summed E-state index contributed by atoms with van der Waals surface area (Å²) in [4.78, 5) is 0. The fourth-order valence-corrected chi connectivity index (χ4v) is 3.86. The van der Waals surface area contributed by atoms with E-state index >= 15 is 0 Å². The summed E-state index contributed by atoms with van der Waals surface area (Å²) in [5.41, 5.74) is 0.940. The molecule has 0 aromatic heterocycles. The molecular weight excluding hydrogens is 268 g/mol. The first-order valence-electron chi connectivity index (χ1n) is 7.55. The van der Waals surface area contributed by atoms with Crippen LogP contribution in [0.4, 0.5) is 5.69 Å². The summed E-state index contributed by atoms with van der Waals surface area (Å²) in [5, 5.41) is 7.49. The Balaban J connectivity index is 1.59. The Labute approximate surface area is 126 Å². The number of rotatable bonds is 4. The van der Waals surface area contributed by atoms with Gasteiger partial charge in [0, 0.05) is 6.04 Å². The normalized spacial score (nSPS) is 27.4. The molecule has 108 valence electrons. The van der Waals surface area contributed by atoms with Crippen LogP contribution < -0.4 is 15.4 Å². The van der Waals surface area contributed by atoms with Crippen LogP contribution in [0.25, 0.3) is 0 Å². The number of nitrogens with one attached hydrogen (secondary N) is 2. The van der Waals surface area contributed by atoms with Crippen molar-refractivity contribution in [2.75, 3.05) is 11.9 Å². The van der Waals surface area contributed by atoms with Crippen LogP contribution in [-0.2, 0) is 0 Å². The van der Waals surface area contributed by atoms with Crippen LogP contribution in [0.3, 0.4) is 0 Å². The van der Waals surface area contributed by atoms with E-state index in [0.29, 0.717) is 12.6 Å². The molecule has 2 fully saturated rings. The minimum atomic E-state index is 0.563. The molecule has 1 aromatic rings. The van der Waals surface area contributed by atoms with Crippen LogP contribution in [0.15, 0.2) is 24.3 Å². The minimum Gasteiger partial charge on any atom is -0.492 e. The predicted octanol–water partition coefficient (Wildman–Crippen LogP) is 3.56. The van der Waals surface area contributed by atoms with E-state index in [1.165, 1.54) is 25.7 Å². The lowest BCUT2D eigenvalue weighted by Gasteiger charge is -2.25. The standard InChI is InChI=1S/C16H22N2OS/c1-2-19-15-6-4-3-5-13(15)17-16(20)18-14-10-11-7-8-12(14)9-11/h3-6,11-12,14H,2,7-10H2,1H3,(H2,17,18,20)/t11-,12-,14+/m1/s1. The molecule has 2 N–H and O–H groups in total. The zero-order valence-corrected chi connectivity index (χ0v) is 12.7. The van der Waals surface area contributed by atoms with Gasteiger partial charge in [-0.2, -0.15) is 0 Å². The van der Waals surface area contributed by atoms with Crippen molar-refractivity contribution in [3.63, 3.8) is 0 Å². The molecule has 4 heteroatoms. The molecule has 2 aliphatic rings. The molecule has 0 heterocycles. The number of ether oxygens (including phenoxy) is 1. The van der Waals surface area contributed by atoms with Gasteiger partial charge >= 0.3 is 0 Å². The number of fused-ring (bicyclic) bond motifs is 2. The van der Waals surface area contributed by atoms with Gasteiger partial charge in [0.1, 0.15) is 5.75 Å². The average molecular weight is 290 g/mol. The fraction of sp³-hybridized carbons (Fsp3) is 0.562. The summed E-state index contributed by atoms with van der Waals surface area (Å²) < 4.78 is 5.61. The van der Waals surface area contributed by atoms with Gasteiger partial charge in [-0.3, -0.25) is 0 Å². The summed E-state index contributed by atoms with van der Waals surface area (Å²) in [6.07, 6.45) is 5.44. The third kappa shape index (κ3) is 2.90. The minimum absolute atomic E-state index is 0.563. The highest BCUT2D eigenvalue weighted by molar-refractivity contribution is 7.80. The molecular formula is C16H22N2OS. The maximum Gasteiger partial charge on any atom is 0.171 e. The van der Waals surface area contributed by atoms with Crippen LogP contribution in [0.2, 0.25) is 0 Å². The van der Waals surface area contributed by atoms with Crippen LogP contribution in [-0.4, -0.2) is 17.8 Å². The summed E-state index contributed by atoms with van der Waals surface area (Å²) in [6.45, 7) is 2.65. The lowest BCUT2D eigenvalue weighted by atomic mass is 9.96. The van der Waals surface area contributed by atoms with Gasteiger partial charge in [-0.25, -0.2) is 0 Å². The first-order chi connectivity index (χ1) is 9.76. The molecule has 0 spiro atoms. The molecule has 1 aromatic carbocycles. The molecule has 0 aliphatic heterocycles. The largest absolute Gasteiger partial charge is 0.492 e. The maximum absolute atomic E-state index is 5.61. The van der Waals surface area contributed by atoms with Crippen LogP contribution in [0.5, 0.6) is 5.75 Å². The van der Waals surface area contributed by atoms with Crippen molar-refractivity contribution in [3.8, 4) is 5.75 Å². The van der Waals surface area contributed by atoms with E-state index in [1.54, 1.807) is 0 Å². The third-order valence-electron chi connectivity index (χ3n) is 4.49. The lowest BCUT2D eigenvalue weighted by Crippen LogP contribution is -2.40. The van der Waals surface area contributed by atoms with Gasteiger partial charge in [0.05, 0.1) is 12.3 Å². The van der Waals surface area contributed by atoms with E-state index in [1.807, 2.05) is 31.2 Å². The molecule has 2 bridgehead atoms. The molecule has 0 unspecified atom stereocenters. The van der Waals surface area contributed by atoms with E-state index in [-0.39, 0.29) is 0 Å². The van der Waals surface area contributed by atoms with Crippen molar-refractivity contribution in [3.05, 3.63) is 24.3 Å². The average Bonchev–Trinajstić information content (AvgIpc) is 3.03. The lowest BCUT2D eigenvalue weighted by molar-refractivity contribution is 0.342. The van der Waals surface area contributed by atoms with Crippen molar-refractivity contribution < 1.29 is 4.74 Å². The highest BCUT2D eigenvalue weighted by atomic mass is 32.1. The highest BCUT2D eigenvalue weighted by Crippen LogP contribution is 2.44. The quantitative estimate of drug-likeness (QED) is 0.831. The van der Waals surface area contributed by atoms with Crippen LogP contribution >= 0.6 is 12.2 Å². The number of hydrogen-bond acceptors (Lipinski definition) is 2. The summed E-state index contributed by atoms with van der Waals surface area (Å²) in [5.74, 6) is 2.60. The topological polar surface area (TPSA) is 33.3 Å². The second kappa shape index (κ2) is 6.00. The first-order valence-corrected chi connectivity index (χ1v) is 7.96. The molecule has 3 atom stereocenters. The molecule has 2 aliphatic carbocycles. The molecule has 3 rings (SSSR count). The zero-order chi connectivity index (χ0) is 13.9. The Morgan fingerprint density at radius 3 is 2.85 bits per heavy atom. The van der Waals surface area contributed by atoms with Crippen LogP contribution in [0.1, 0.15) is 32.6 Å². The van der Waals surface area contributed by atoms with E-state index < -0.39 is 0 Å². The fourth-order valence-electron chi connectivity index (χ4n) is 3.60. The Bertz CT molecular complexity index is 491. The number of para-hydroxylation sites is 2. The number of thiocarbonyl (C=S) groups is 1. The van der Waals surface area contributed by atoms with Crippen molar-refractivity contribution in [2.45, 2.75) is 38.6 Å². The number of benzene rings is 1. The molecule has 2 saturated carbocycles. The smallest absolute Gasteiger partial charge is 0.171 e. The summed E-state index contributed by atoms with van der Waals surface area (Å²) >= 11 is 5.45. The molecule has 0 radical (unpaired) electrons. The van der Waals surface area contributed by atoms with Gasteiger partial charge in [-0.1, -0.05) is 18.6 Å². The Hall–Kier alpha value is -1.29. The second-order valence-corrected chi connectivity index (χ2v) is 6.22. The van der Waals surface area contributed by atoms with Crippen LogP contribution in [0, 0.1) is 11.8 Å². The predicted molar refractivity (Wildman–Crippen MR) is 86.2 cm³/mol. The monoisotopic (exact) mass is 290 g/mol. The Morgan fingerprint density at radius 2 is 2.15 bits per heavy atom. The third-order valence-corrected chi connectivity index (χ3v) is 4.71. The van der Waals surface area contributed by atoms with Gasteiger partial charge in [0.25, 0.3) is 0 Å². The van der Waals surface area contributed by atoms with Gasteiger partial charge in [0.2, 0.25) is 0 Å². The van der Waals surface area contributed by atoms with Gasteiger partial charge in [-0.05, 0) is 62.4 Å².